The predicted octanol–water partition coefficient (Wildman–Crippen LogP) is 2.28. The molecule has 8 nitrogen and oxygen atoms in total. The molecule has 0 saturated heterocycles. The second kappa shape index (κ2) is 13.3. The molecule has 0 fully saturated rings. The summed E-state index contributed by atoms with van der Waals surface area (Å²) in [7, 11) is 1.83. The molecular weight excluding hydrogens is 502 g/mol. The number of carbonyl (C=O) groups excluding carboxylic acids is 1. The van der Waals surface area contributed by atoms with Crippen molar-refractivity contribution in [1.29, 1.82) is 0 Å². The van der Waals surface area contributed by atoms with Crippen molar-refractivity contribution in [2.24, 2.45) is 0 Å². The lowest BCUT2D eigenvalue weighted by molar-refractivity contribution is -0.896. The van der Waals surface area contributed by atoms with Gasteiger partial charge in [-0.25, -0.2) is 8.78 Å². The number of rotatable bonds is 13. The van der Waals surface area contributed by atoms with Crippen molar-refractivity contribution in [3.8, 4) is 0 Å². The van der Waals surface area contributed by atoms with Crippen LogP contribution in [0.2, 0.25) is 0 Å². The van der Waals surface area contributed by atoms with Gasteiger partial charge in [-0.3, -0.25) is 15.0 Å². The number of carbonyl (C=O) groups is 1. The lowest BCUT2D eigenvalue weighted by atomic mass is 9.91. The first-order chi connectivity index (χ1) is 18.7. The number of hydrogen-bond donors (Lipinski definition) is 3. The van der Waals surface area contributed by atoms with Gasteiger partial charge < -0.3 is 10.5 Å². The van der Waals surface area contributed by atoms with Crippen molar-refractivity contribution < 1.29 is 23.5 Å². The largest absolute Gasteiger partial charge is 0.388 e. The van der Waals surface area contributed by atoms with Gasteiger partial charge in [-0.1, -0.05) is 27.4 Å². The normalized spacial score (nSPS) is 20.3. The van der Waals surface area contributed by atoms with Crippen molar-refractivity contribution in [2.75, 3.05) is 38.5 Å². The van der Waals surface area contributed by atoms with Crippen LogP contribution in [0.5, 0.6) is 0 Å². The van der Waals surface area contributed by atoms with Crippen molar-refractivity contribution >= 4 is 17.8 Å². The van der Waals surface area contributed by atoms with Crippen LogP contribution in [-0.2, 0) is 4.79 Å². The summed E-state index contributed by atoms with van der Waals surface area (Å²) in [6, 6.07) is -0.620. The summed E-state index contributed by atoms with van der Waals surface area (Å²) in [4.78, 5) is 18.3. The number of aromatic nitrogens is 2. The van der Waals surface area contributed by atoms with Crippen LogP contribution < -0.4 is 30.6 Å². The Morgan fingerprint density at radius 3 is 2.79 bits per heavy atom. The zero-order valence-corrected chi connectivity index (χ0v) is 23.3. The van der Waals surface area contributed by atoms with Gasteiger partial charge in [0.25, 0.3) is 18.1 Å². The van der Waals surface area contributed by atoms with Crippen LogP contribution in [0, 0.1) is 0 Å². The van der Waals surface area contributed by atoms with Crippen LogP contribution in [-0.4, -0.2) is 66.6 Å². The second-order valence-corrected chi connectivity index (χ2v) is 10.8. The Morgan fingerprint density at radius 1 is 1.23 bits per heavy atom. The SMILES string of the molecule is CC(=O)[C@H](CCN(CCCCC1=C(\C)CCC2=C(/C=C\1)CCCN2)CC(F)F)Nc1c2c(nc[n+]1O)=C[N+]=2C. The van der Waals surface area contributed by atoms with Crippen molar-refractivity contribution in [3.05, 3.63) is 51.6 Å². The van der Waals surface area contributed by atoms with Crippen molar-refractivity contribution in [1.82, 2.24) is 19.8 Å². The van der Waals surface area contributed by atoms with Gasteiger partial charge in [0, 0.05) is 25.2 Å². The Kier molecular flexibility index (Phi) is 9.83. The van der Waals surface area contributed by atoms with Crippen molar-refractivity contribution in [3.63, 3.8) is 0 Å². The molecule has 0 radical (unpaired) electrons. The van der Waals surface area contributed by atoms with E-state index in [2.05, 4.69) is 34.7 Å². The van der Waals surface area contributed by atoms with Crippen LogP contribution >= 0.6 is 0 Å². The number of fused-ring (bicyclic) bond motifs is 1. The fourth-order valence-electron chi connectivity index (χ4n) is 5.55. The molecule has 3 heterocycles. The summed E-state index contributed by atoms with van der Waals surface area (Å²) < 4.78 is 29.4. The number of allylic oxidation sites excluding steroid dienone is 6. The number of unbranched alkanes of at least 4 members (excludes halogenated alkanes) is 1. The fourth-order valence-corrected chi connectivity index (χ4v) is 5.55. The Labute approximate surface area is 229 Å². The van der Waals surface area contributed by atoms with E-state index in [1.165, 1.54) is 42.1 Å². The molecule has 0 amide bonds. The molecule has 0 spiro atoms. The number of anilines is 1. The highest BCUT2D eigenvalue weighted by Crippen LogP contribution is 2.27. The van der Waals surface area contributed by atoms with Gasteiger partial charge in [-0.15, -0.1) is 0 Å². The van der Waals surface area contributed by atoms with Crippen LogP contribution in [0.1, 0.15) is 65.2 Å². The monoisotopic (exact) mass is 544 g/mol. The molecular formula is C29H42F2N6O2+2. The van der Waals surface area contributed by atoms with Gasteiger partial charge in [0.15, 0.2) is 5.78 Å². The zero-order valence-electron chi connectivity index (χ0n) is 23.3. The number of ketones is 1. The Hall–Kier alpha value is -3.14. The van der Waals surface area contributed by atoms with E-state index in [9.17, 15) is 18.8 Å². The van der Waals surface area contributed by atoms with Gasteiger partial charge in [0.2, 0.25) is 6.20 Å². The minimum atomic E-state index is -2.44. The maximum absolute atomic E-state index is 13.4. The lowest BCUT2D eigenvalue weighted by Crippen LogP contribution is -2.57. The molecule has 2 aliphatic heterocycles. The Balaban J connectivity index is 1.32. The molecule has 0 aromatic carbocycles. The average Bonchev–Trinajstić information content (AvgIpc) is 2.88. The maximum Gasteiger partial charge on any atom is 0.336 e. The van der Waals surface area contributed by atoms with E-state index in [1.807, 2.05) is 17.8 Å². The third-order valence-corrected chi connectivity index (χ3v) is 7.91. The summed E-state index contributed by atoms with van der Waals surface area (Å²) >= 11 is 0. The van der Waals surface area contributed by atoms with Gasteiger partial charge in [-0.05, 0) is 76.5 Å². The van der Waals surface area contributed by atoms with Gasteiger partial charge in [-0.2, -0.15) is 4.58 Å². The van der Waals surface area contributed by atoms with Gasteiger partial charge in [0.05, 0.1) is 6.54 Å². The topological polar surface area (TPSA) is 84.4 Å². The van der Waals surface area contributed by atoms with E-state index in [0.29, 0.717) is 36.0 Å². The third kappa shape index (κ3) is 7.50. The fraction of sp³-hybridized carbons (Fsp3) is 0.586. The van der Waals surface area contributed by atoms with Crippen LogP contribution in [0.25, 0.3) is 6.20 Å². The summed E-state index contributed by atoms with van der Waals surface area (Å²) in [6.45, 7) is 5.32. The van der Waals surface area contributed by atoms with Crippen LogP contribution in [0.3, 0.4) is 0 Å². The molecule has 10 heteroatoms. The van der Waals surface area contributed by atoms with E-state index in [4.69, 9.17) is 0 Å². The molecule has 1 aliphatic carbocycles. The van der Waals surface area contributed by atoms with E-state index in [-0.39, 0.29) is 12.3 Å². The highest BCUT2D eigenvalue weighted by Gasteiger charge is 2.30. The molecule has 0 unspecified atom stereocenters. The molecule has 1 aromatic rings. The molecule has 3 N–H and O–H groups in total. The second-order valence-electron chi connectivity index (χ2n) is 10.8. The standard InChI is InChI=1S/C29H41F2N6O2/c1-20-9-12-25-23(8-6-14-32-25)11-10-22(20)7-4-5-15-36(18-27(30)31)16-13-24(21(2)38)34-29-28-26(17-35(28)3)33-19-37(29)39/h10-11,17,19,24,27,32,39H,4-9,12-16,18H2,1-3H3/q+1/p+1/b11-10-,22-20-/t24-/m0/s1. The molecule has 1 aromatic heterocycles. The number of hydrogen-bond acceptors (Lipinski definition) is 6. The molecule has 3 aliphatic rings. The van der Waals surface area contributed by atoms with Crippen LogP contribution in [0.4, 0.5) is 14.6 Å². The number of halogens is 2. The third-order valence-electron chi connectivity index (χ3n) is 7.91. The Morgan fingerprint density at radius 2 is 2.05 bits per heavy atom. The molecule has 212 valence electrons. The number of nitrogens with one attached hydrogen (secondary N) is 2. The van der Waals surface area contributed by atoms with Gasteiger partial charge in [0.1, 0.15) is 13.1 Å². The summed E-state index contributed by atoms with van der Waals surface area (Å²) in [6.07, 6.45) is 12.6. The number of Topliss-reactive ketones (excluding diaryl/α,β-unsaturated/α-hetero) is 1. The summed E-state index contributed by atoms with van der Waals surface area (Å²) in [5.41, 5.74) is 5.57. The first kappa shape index (κ1) is 28.9. The first-order valence-corrected chi connectivity index (χ1v) is 14.0. The first-order valence-electron chi connectivity index (χ1n) is 14.0. The maximum atomic E-state index is 13.4. The van der Waals surface area contributed by atoms with Gasteiger partial charge >= 0.3 is 11.2 Å². The van der Waals surface area contributed by atoms with Crippen molar-refractivity contribution in [2.45, 2.75) is 77.7 Å². The number of nitrogens with zero attached hydrogens (tertiary/aromatic N) is 4. The minimum absolute atomic E-state index is 0.117. The number of alkyl halides is 2. The highest BCUT2D eigenvalue weighted by molar-refractivity contribution is 5.83. The summed E-state index contributed by atoms with van der Waals surface area (Å²) in [5, 5.41) is 18.3. The molecule has 1 atom stereocenters. The molecule has 39 heavy (non-hydrogen) atoms. The molecule has 0 saturated carbocycles. The predicted molar refractivity (Wildman–Crippen MR) is 147 cm³/mol. The minimum Gasteiger partial charge on any atom is -0.388 e. The van der Waals surface area contributed by atoms with E-state index in [0.717, 1.165) is 49.8 Å². The quantitative estimate of drug-likeness (QED) is 0.201. The highest BCUT2D eigenvalue weighted by atomic mass is 19.3. The van der Waals surface area contributed by atoms with E-state index >= 15 is 0 Å². The Bertz CT molecular complexity index is 1290. The zero-order chi connectivity index (χ0) is 27.9. The van der Waals surface area contributed by atoms with Crippen LogP contribution in [0.15, 0.2) is 40.9 Å². The molecule has 0 bridgehead atoms. The van der Waals surface area contributed by atoms with E-state index < -0.39 is 12.5 Å². The van der Waals surface area contributed by atoms with E-state index in [1.54, 1.807) is 4.90 Å². The summed E-state index contributed by atoms with van der Waals surface area (Å²) in [5.74, 6) is 0.252. The smallest absolute Gasteiger partial charge is 0.336 e. The molecule has 4 rings (SSSR count). The lowest BCUT2D eigenvalue weighted by Gasteiger charge is -2.24. The average molecular weight is 545 g/mol.